The van der Waals surface area contributed by atoms with Crippen molar-refractivity contribution < 1.29 is 9.53 Å². The highest BCUT2D eigenvalue weighted by molar-refractivity contribution is 5.77. The van der Waals surface area contributed by atoms with Gasteiger partial charge in [0.25, 0.3) is 0 Å². The first-order valence-corrected chi connectivity index (χ1v) is 7.88. The Morgan fingerprint density at radius 1 is 1.18 bits per heavy atom. The SMILES string of the molecule is COc1cccc(C2(N(C)C)CCC3(CC2)CNC(=O)N3)c1. The molecule has 2 amide bonds. The zero-order valence-electron chi connectivity index (χ0n) is 13.6. The fraction of sp³-hybridized carbons (Fsp3) is 0.588. The van der Waals surface area contributed by atoms with E-state index in [0.29, 0.717) is 0 Å². The van der Waals surface area contributed by atoms with Gasteiger partial charge in [0.05, 0.1) is 12.6 Å². The van der Waals surface area contributed by atoms with Crippen molar-refractivity contribution in [2.75, 3.05) is 27.7 Å². The summed E-state index contributed by atoms with van der Waals surface area (Å²) in [6, 6.07) is 8.34. The molecule has 1 saturated carbocycles. The van der Waals surface area contributed by atoms with Crippen molar-refractivity contribution in [3.8, 4) is 5.75 Å². The Kier molecular flexibility index (Phi) is 3.77. The van der Waals surface area contributed by atoms with Gasteiger partial charge in [-0.25, -0.2) is 4.79 Å². The molecule has 5 nitrogen and oxygen atoms in total. The quantitative estimate of drug-likeness (QED) is 0.899. The number of nitrogens with zero attached hydrogens (tertiary/aromatic N) is 1. The molecule has 22 heavy (non-hydrogen) atoms. The maximum absolute atomic E-state index is 11.5. The van der Waals surface area contributed by atoms with E-state index in [4.69, 9.17) is 4.74 Å². The molecule has 120 valence electrons. The molecule has 0 atom stereocenters. The van der Waals surface area contributed by atoms with E-state index in [1.165, 1.54) is 5.56 Å². The van der Waals surface area contributed by atoms with Crippen molar-refractivity contribution >= 4 is 6.03 Å². The number of methoxy groups -OCH3 is 1. The lowest BCUT2D eigenvalue weighted by Crippen LogP contribution is -2.53. The van der Waals surface area contributed by atoms with Crippen molar-refractivity contribution in [2.24, 2.45) is 0 Å². The summed E-state index contributed by atoms with van der Waals surface area (Å²) in [7, 11) is 5.99. The van der Waals surface area contributed by atoms with Gasteiger partial charge in [0.15, 0.2) is 0 Å². The molecule has 1 aromatic rings. The number of rotatable bonds is 3. The van der Waals surface area contributed by atoms with Gasteiger partial charge in [-0.05, 0) is 57.5 Å². The molecule has 5 heteroatoms. The molecule has 1 aliphatic heterocycles. The van der Waals surface area contributed by atoms with E-state index in [-0.39, 0.29) is 17.1 Å². The van der Waals surface area contributed by atoms with Crippen LogP contribution in [0.15, 0.2) is 24.3 Å². The summed E-state index contributed by atoms with van der Waals surface area (Å²) in [5.41, 5.74) is 1.24. The van der Waals surface area contributed by atoms with Crippen LogP contribution in [-0.4, -0.2) is 44.2 Å². The zero-order valence-corrected chi connectivity index (χ0v) is 13.6. The van der Waals surface area contributed by atoms with Crippen LogP contribution in [0.1, 0.15) is 31.2 Å². The van der Waals surface area contributed by atoms with Gasteiger partial charge in [-0.15, -0.1) is 0 Å². The lowest BCUT2D eigenvalue weighted by molar-refractivity contribution is 0.0651. The number of ether oxygens (including phenoxy) is 1. The Bertz CT molecular complexity index is 563. The van der Waals surface area contributed by atoms with E-state index >= 15 is 0 Å². The summed E-state index contributed by atoms with van der Waals surface area (Å²) < 4.78 is 5.39. The second kappa shape index (κ2) is 5.47. The van der Waals surface area contributed by atoms with Crippen LogP contribution in [-0.2, 0) is 5.54 Å². The van der Waals surface area contributed by atoms with Gasteiger partial charge >= 0.3 is 6.03 Å². The van der Waals surface area contributed by atoms with Gasteiger partial charge in [-0.3, -0.25) is 4.90 Å². The smallest absolute Gasteiger partial charge is 0.315 e. The van der Waals surface area contributed by atoms with E-state index in [9.17, 15) is 4.79 Å². The van der Waals surface area contributed by atoms with Gasteiger partial charge in [-0.2, -0.15) is 0 Å². The standard InChI is InChI=1S/C17H25N3O2/c1-20(2)17(13-5-4-6-14(11-13)22-3)9-7-16(8-10-17)12-18-15(21)19-16/h4-6,11H,7-10,12H2,1-3H3,(H2,18,19,21). The van der Waals surface area contributed by atoms with E-state index in [1.54, 1.807) is 7.11 Å². The Labute approximate surface area is 132 Å². The first-order chi connectivity index (χ1) is 10.5. The average molecular weight is 303 g/mol. The first-order valence-electron chi connectivity index (χ1n) is 7.88. The van der Waals surface area contributed by atoms with Gasteiger partial charge in [0.2, 0.25) is 0 Å². The Morgan fingerprint density at radius 3 is 2.45 bits per heavy atom. The van der Waals surface area contributed by atoms with Crippen LogP contribution in [0.3, 0.4) is 0 Å². The largest absolute Gasteiger partial charge is 0.497 e. The average Bonchev–Trinajstić information content (AvgIpc) is 2.89. The predicted octanol–water partition coefficient (Wildman–Crippen LogP) is 2.08. The van der Waals surface area contributed by atoms with Gasteiger partial charge in [0.1, 0.15) is 5.75 Å². The van der Waals surface area contributed by atoms with Gasteiger partial charge < -0.3 is 15.4 Å². The zero-order chi connectivity index (χ0) is 15.8. The highest BCUT2D eigenvalue weighted by Crippen LogP contribution is 2.45. The fourth-order valence-electron chi connectivity index (χ4n) is 3.93. The minimum atomic E-state index is -0.0601. The molecule has 0 bridgehead atoms. The Morgan fingerprint density at radius 2 is 1.91 bits per heavy atom. The second-order valence-corrected chi connectivity index (χ2v) is 6.75. The molecule has 1 aromatic carbocycles. The number of hydrogen-bond donors (Lipinski definition) is 2. The number of carbonyl (C=O) groups excluding carboxylic acids is 1. The number of benzene rings is 1. The number of carbonyl (C=O) groups is 1. The van der Waals surface area contributed by atoms with Crippen LogP contribution >= 0.6 is 0 Å². The second-order valence-electron chi connectivity index (χ2n) is 6.75. The summed E-state index contributed by atoms with van der Waals surface area (Å²) in [6.07, 6.45) is 4.02. The lowest BCUT2D eigenvalue weighted by Gasteiger charge is -2.48. The molecular formula is C17H25N3O2. The number of nitrogens with one attached hydrogen (secondary N) is 2. The summed E-state index contributed by atoms with van der Waals surface area (Å²) in [4.78, 5) is 13.8. The van der Waals surface area contributed by atoms with E-state index in [0.717, 1.165) is 38.0 Å². The Hall–Kier alpha value is -1.75. The van der Waals surface area contributed by atoms with Crippen molar-refractivity contribution in [2.45, 2.75) is 36.8 Å². The third-order valence-electron chi connectivity index (χ3n) is 5.46. The minimum Gasteiger partial charge on any atom is -0.497 e. The maximum Gasteiger partial charge on any atom is 0.315 e. The molecule has 0 aromatic heterocycles. The third kappa shape index (κ3) is 2.43. The van der Waals surface area contributed by atoms with Crippen LogP contribution in [0.4, 0.5) is 4.79 Å². The summed E-state index contributed by atoms with van der Waals surface area (Å²) >= 11 is 0. The molecule has 2 fully saturated rings. The summed E-state index contributed by atoms with van der Waals surface area (Å²) in [6.45, 7) is 0.744. The van der Waals surface area contributed by atoms with Crippen molar-refractivity contribution in [3.63, 3.8) is 0 Å². The van der Waals surface area contributed by atoms with E-state index in [1.807, 2.05) is 6.07 Å². The van der Waals surface area contributed by atoms with Crippen LogP contribution < -0.4 is 15.4 Å². The third-order valence-corrected chi connectivity index (χ3v) is 5.46. The predicted molar refractivity (Wildman–Crippen MR) is 86.1 cm³/mol. The molecule has 3 rings (SSSR count). The van der Waals surface area contributed by atoms with E-state index < -0.39 is 0 Å². The highest BCUT2D eigenvalue weighted by atomic mass is 16.5. The molecule has 1 aliphatic carbocycles. The molecule has 1 heterocycles. The fourth-order valence-corrected chi connectivity index (χ4v) is 3.93. The molecule has 2 aliphatic rings. The lowest BCUT2D eigenvalue weighted by atomic mass is 9.69. The summed E-state index contributed by atoms with van der Waals surface area (Å²) in [5, 5.41) is 6.04. The van der Waals surface area contributed by atoms with Crippen molar-refractivity contribution in [1.29, 1.82) is 0 Å². The highest BCUT2D eigenvalue weighted by Gasteiger charge is 2.47. The summed E-state index contributed by atoms with van der Waals surface area (Å²) in [5.74, 6) is 0.898. The molecular weight excluding hydrogens is 278 g/mol. The van der Waals surface area contributed by atoms with Crippen molar-refractivity contribution in [3.05, 3.63) is 29.8 Å². The number of urea groups is 1. The minimum absolute atomic E-state index is 0.00705. The van der Waals surface area contributed by atoms with Crippen LogP contribution in [0, 0.1) is 0 Å². The molecule has 1 spiro atoms. The van der Waals surface area contributed by atoms with Crippen LogP contribution in [0.2, 0.25) is 0 Å². The van der Waals surface area contributed by atoms with Crippen molar-refractivity contribution in [1.82, 2.24) is 15.5 Å². The molecule has 0 unspecified atom stereocenters. The topological polar surface area (TPSA) is 53.6 Å². The normalized spacial score (nSPS) is 31.2. The van der Waals surface area contributed by atoms with Gasteiger partial charge in [-0.1, -0.05) is 12.1 Å². The van der Waals surface area contributed by atoms with E-state index in [2.05, 4.69) is 47.8 Å². The number of amides is 2. The molecule has 1 saturated heterocycles. The van der Waals surface area contributed by atoms with Gasteiger partial charge in [0, 0.05) is 12.1 Å². The maximum atomic E-state index is 11.5. The number of hydrogen-bond acceptors (Lipinski definition) is 3. The van der Waals surface area contributed by atoms with Crippen LogP contribution in [0.5, 0.6) is 5.75 Å². The first kappa shape index (κ1) is 15.2. The molecule has 2 N–H and O–H groups in total. The van der Waals surface area contributed by atoms with Crippen LogP contribution in [0.25, 0.3) is 0 Å². The monoisotopic (exact) mass is 303 g/mol. The Balaban J connectivity index is 1.87. The molecule has 0 radical (unpaired) electrons.